The molecule has 0 saturated carbocycles. The molecule has 1 N–H and O–H groups in total. The van der Waals surface area contributed by atoms with E-state index in [1.54, 1.807) is 0 Å². The molecular formula is C49H33N3O. The fraction of sp³-hybridized carbons (Fsp3) is 0.0204. The molecule has 1 atom stereocenters. The lowest BCUT2D eigenvalue weighted by Crippen LogP contribution is -2.33. The molecule has 0 bridgehead atoms. The maximum absolute atomic E-state index is 6.55. The minimum Gasteiger partial charge on any atom is -0.456 e. The summed E-state index contributed by atoms with van der Waals surface area (Å²) >= 11 is 0. The lowest BCUT2D eigenvalue weighted by molar-refractivity contribution is 0.668. The zero-order valence-corrected chi connectivity index (χ0v) is 28.8. The van der Waals surface area contributed by atoms with Crippen molar-refractivity contribution in [2.24, 2.45) is 9.98 Å². The Balaban J connectivity index is 1.12. The minimum atomic E-state index is -0.348. The van der Waals surface area contributed by atoms with Crippen LogP contribution in [0.25, 0.3) is 66.1 Å². The molecule has 1 unspecified atom stereocenters. The number of benzene rings is 8. The fourth-order valence-electron chi connectivity index (χ4n) is 7.49. The second kappa shape index (κ2) is 12.9. The Kier molecular flexibility index (Phi) is 7.51. The predicted molar refractivity (Wildman–Crippen MR) is 219 cm³/mol. The van der Waals surface area contributed by atoms with Crippen molar-refractivity contribution < 1.29 is 4.42 Å². The molecule has 53 heavy (non-hydrogen) atoms. The number of hydrogen-bond acceptors (Lipinski definition) is 4. The molecule has 8 aromatic carbocycles. The average Bonchev–Trinajstić information content (AvgIpc) is 3.62. The molecule has 0 fully saturated rings. The van der Waals surface area contributed by atoms with Gasteiger partial charge in [-0.25, -0.2) is 9.98 Å². The van der Waals surface area contributed by atoms with Crippen molar-refractivity contribution in [3.8, 4) is 33.4 Å². The maximum Gasteiger partial charge on any atom is 0.160 e. The Morgan fingerprint density at radius 3 is 1.83 bits per heavy atom. The molecule has 0 aliphatic carbocycles. The van der Waals surface area contributed by atoms with Gasteiger partial charge in [0.15, 0.2) is 5.84 Å². The van der Waals surface area contributed by atoms with Crippen LogP contribution in [0.5, 0.6) is 0 Å². The first kappa shape index (κ1) is 30.8. The molecule has 0 spiro atoms. The third-order valence-corrected chi connectivity index (χ3v) is 10.2. The first-order chi connectivity index (χ1) is 26.2. The average molecular weight is 680 g/mol. The third kappa shape index (κ3) is 5.67. The summed E-state index contributed by atoms with van der Waals surface area (Å²) in [6, 6.07) is 65.8. The van der Waals surface area contributed by atoms with Gasteiger partial charge >= 0.3 is 0 Å². The van der Waals surface area contributed by atoms with Gasteiger partial charge in [0.1, 0.15) is 23.2 Å². The summed E-state index contributed by atoms with van der Waals surface area (Å²) in [7, 11) is 0. The van der Waals surface area contributed by atoms with Crippen LogP contribution in [0.15, 0.2) is 202 Å². The van der Waals surface area contributed by atoms with Gasteiger partial charge in [0.2, 0.25) is 0 Å². The molecule has 0 radical (unpaired) electrons. The number of aliphatic imine (C=N–C) groups is 2. The van der Waals surface area contributed by atoms with Crippen molar-refractivity contribution in [2.45, 2.75) is 6.17 Å². The van der Waals surface area contributed by atoms with E-state index in [1.807, 2.05) is 36.4 Å². The smallest absolute Gasteiger partial charge is 0.160 e. The van der Waals surface area contributed by atoms with Gasteiger partial charge in [-0.2, -0.15) is 0 Å². The second-order valence-corrected chi connectivity index (χ2v) is 13.4. The van der Waals surface area contributed by atoms with E-state index in [2.05, 4.69) is 157 Å². The van der Waals surface area contributed by atoms with E-state index in [1.165, 1.54) is 27.5 Å². The van der Waals surface area contributed by atoms with Crippen LogP contribution >= 0.6 is 0 Å². The van der Waals surface area contributed by atoms with E-state index in [0.29, 0.717) is 5.84 Å². The SMILES string of the molecule is c1ccc(C2=NC(c3cc(-c4ccc(-c5cccc6ccccc56)cc4)cc4oc5ccccc5c34)=NC(c3ccc(-c4ccccc4)cc3)N2)cc1. The highest BCUT2D eigenvalue weighted by Gasteiger charge is 2.24. The van der Waals surface area contributed by atoms with Crippen LogP contribution in [-0.4, -0.2) is 11.7 Å². The number of fused-ring (bicyclic) bond motifs is 4. The third-order valence-electron chi connectivity index (χ3n) is 10.2. The number of rotatable bonds is 6. The quantitative estimate of drug-likeness (QED) is 0.190. The van der Waals surface area contributed by atoms with Gasteiger partial charge in [-0.1, -0.05) is 170 Å². The summed E-state index contributed by atoms with van der Waals surface area (Å²) in [5.41, 5.74) is 11.5. The van der Waals surface area contributed by atoms with Crippen LogP contribution in [0.4, 0.5) is 0 Å². The second-order valence-electron chi connectivity index (χ2n) is 13.4. The van der Waals surface area contributed by atoms with Crippen LogP contribution in [0.1, 0.15) is 22.9 Å². The maximum atomic E-state index is 6.55. The zero-order valence-electron chi connectivity index (χ0n) is 28.8. The lowest BCUT2D eigenvalue weighted by Gasteiger charge is -2.24. The zero-order chi connectivity index (χ0) is 35.1. The van der Waals surface area contributed by atoms with Crippen molar-refractivity contribution in [3.63, 3.8) is 0 Å². The Bertz CT molecular complexity index is 2830. The minimum absolute atomic E-state index is 0.348. The van der Waals surface area contributed by atoms with Crippen molar-refractivity contribution in [3.05, 3.63) is 205 Å². The summed E-state index contributed by atoms with van der Waals surface area (Å²) in [6.07, 6.45) is -0.348. The first-order valence-corrected chi connectivity index (χ1v) is 17.9. The van der Waals surface area contributed by atoms with Crippen LogP contribution in [-0.2, 0) is 0 Å². The monoisotopic (exact) mass is 679 g/mol. The molecule has 1 aliphatic rings. The molecule has 9 aromatic rings. The number of nitrogens with one attached hydrogen (secondary N) is 1. The lowest BCUT2D eigenvalue weighted by atomic mass is 9.94. The Labute approximate surface area is 307 Å². The van der Waals surface area contributed by atoms with Crippen molar-refractivity contribution in [2.75, 3.05) is 0 Å². The van der Waals surface area contributed by atoms with E-state index < -0.39 is 0 Å². The number of hydrogen-bond donors (Lipinski definition) is 1. The predicted octanol–water partition coefficient (Wildman–Crippen LogP) is 12.2. The van der Waals surface area contributed by atoms with Crippen molar-refractivity contribution in [1.82, 2.24) is 5.32 Å². The number of furan rings is 1. The molecule has 4 heteroatoms. The van der Waals surface area contributed by atoms with Gasteiger partial charge < -0.3 is 9.73 Å². The molecule has 0 amide bonds. The van der Waals surface area contributed by atoms with E-state index >= 15 is 0 Å². The molecule has 250 valence electrons. The van der Waals surface area contributed by atoms with Gasteiger partial charge in [-0.05, 0) is 67.9 Å². The van der Waals surface area contributed by atoms with Crippen molar-refractivity contribution in [1.29, 1.82) is 0 Å². The standard InChI is InChI=1S/C49H33N3O/c1-3-12-32(13-4-1)33-24-28-38(29-25-33)48-50-47(37-15-5-2-6-16-37)51-49(52-48)43-30-39(31-45-46(43)42-19-9-10-21-44(42)53-45)34-22-26-36(27-23-34)41-20-11-17-35-14-7-8-18-40(35)41/h1-31,48H,(H,50,51,52). The van der Waals surface area contributed by atoms with Crippen LogP contribution in [0.3, 0.4) is 0 Å². The van der Waals surface area contributed by atoms with E-state index in [-0.39, 0.29) is 6.17 Å². The van der Waals surface area contributed by atoms with E-state index in [0.717, 1.165) is 61.2 Å². The van der Waals surface area contributed by atoms with Crippen LogP contribution in [0, 0.1) is 0 Å². The Morgan fingerprint density at radius 1 is 0.434 bits per heavy atom. The first-order valence-electron chi connectivity index (χ1n) is 17.9. The van der Waals surface area contributed by atoms with Crippen LogP contribution in [0.2, 0.25) is 0 Å². The molecule has 0 saturated heterocycles. The summed E-state index contributed by atoms with van der Waals surface area (Å²) in [4.78, 5) is 10.6. The van der Waals surface area contributed by atoms with Crippen LogP contribution < -0.4 is 5.32 Å². The topological polar surface area (TPSA) is 49.9 Å². The molecule has 2 heterocycles. The van der Waals surface area contributed by atoms with Gasteiger partial charge in [-0.15, -0.1) is 0 Å². The highest BCUT2D eigenvalue weighted by molar-refractivity contribution is 6.22. The highest BCUT2D eigenvalue weighted by Crippen LogP contribution is 2.38. The highest BCUT2D eigenvalue weighted by atomic mass is 16.3. The molecular weight excluding hydrogens is 647 g/mol. The summed E-state index contributed by atoms with van der Waals surface area (Å²) in [5, 5.41) is 8.17. The largest absolute Gasteiger partial charge is 0.456 e. The summed E-state index contributed by atoms with van der Waals surface area (Å²) in [6.45, 7) is 0. The summed E-state index contributed by atoms with van der Waals surface area (Å²) in [5.74, 6) is 1.43. The van der Waals surface area contributed by atoms with E-state index in [9.17, 15) is 0 Å². The molecule has 10 rings (SSSR count). The van der Waals surface area contributed by atoms with Gasteiger partial charge in [0, 0.05) is 21.9 Å². The Morgan fingerprint density at radius 2 is 1.04 bits per heavy atom. The number of para-hydroxylation sites is 1. The fourth-order valence-corrected chi connectivity index (χ4v) is 7.49. The van der Waals surface area contributed by atoms with Gasteiger partial charge in [0.05, 0.1) is 0 Å². The van der Waals surface area contributed by atoms with E-state index in [4.69, 9.17) is 14.4 Å². The Hall–Kier alpha value is -7.04. The molecule has 1 aromatic heterocycles. The van der Waals surface area contributed by atoms with Gasteiger partial charge in [0.25, 0.3) is 0 Å². The molecule has 4 nitrogen and oxygen atoms in total. The number of amidine groups is 2. The normalized spacial score (nSPS) is 14.2. The van der Waals surface area contributed by atoms with Crippen molar-refractivity contribution >= 4 is 44.4 Å². The molecule has 1 aliphatic heterocycles. The van der Waals surface area contributed by atoms with Gasteiger partial charge in [-0.3, -0.25) is 0 Å². The summed E-state index contributed by atoms with van der Waals surface area (Å²) < 4.78 is 6.55. The number of nitrogens with zero attached hydrogens (tertiary/aromatic N) is 2.